The van der Waals surface area contributed by atoms with Gasteiger partial charge in [0, 0.05) is 37.1 Å². The summed E-state index contributed by atoms with van der Waals surface area (Å²) < 4.78 is 1.81. The summed E-state index contributed by atoms with van der Waals surface area (Å²) in [5.74, 6) is 0.579. The largest absolute Gasteiger partial charge is 0.339 e. The normalized spacial score (nSPS) is 17.5. The molecule has 0 atom stereocenters. The quantitative estimate of drug-likeness (QED) is 0.765. The summed E-state index contributed by atoms with van der Waals surface area (Å²) in [5.41, 5.74) is 2.35. The van der Waals surface area contributed by atoms with Gasteiger partial charge in [-0.1, -0.05) is 37.9 Å². The molecule has 2 heterocycles. The second kappa shape index (κ2) is 8.19. The van der Waals surface area contributed by atoms with E-state index in [1.807, 2.05) is 34.1 Å². The molecule has 1 saturated heterocycles. The molecule has 154 valence electrons. The predicted octanol–water partition coefficient (Wildman–Crippen LogP) is 3.73. The van der Waals surface area contributed by atoms with Crippen LogP contribution in [-0.4, -0.2) is 57.6 Å². The van der Waals surface area contributed by atoms with E-state index < -0.39 is 0 Å². The molecule has 6 nitrogen and oxygen atoms in total. The summed E-state index contributed by atoms with van der Waals surface area (Å²) >= 11 is 6.15. The lowest BCUT2D eigenvalue weighted by Gasteiger charge is -2.38. The van der Waals surface area contributed by atoms with Crippen molar-refractivity contribution < 1.29 is 9.59 Å². The van der Waals surface area contributed by atoms with Gasteiger partial charge < -0.3 is 9.80 Å². The lowest BCUT2D eigenvalue weighted by molar-refractivity contribution is -0.139. The number of halogens is 1. The van der Waals surface area contributed by atoms with E-state index >= 15 is 0 Å². The van der Waals surface area contributed by atoms with E-state index in [1.165, 1.54) is 0 Å². The molecule has 0 N–H and O–H groups in total. The van der Waals surface area contributed by atoms with Crippen molar-refractivity contribution in [1.82, 2.24) is 19.6 Å². The Kier molecular flexibility index (Phi) is 5.63. The SMILES string of the molecule is CC(C)c1c(C(=O)N2CCN(C(=O)C3CCC3)CC2)cnn1-c1cccc(Cl)c1. The van der Waals surface area contributed by atoms with Crippen LogP contribution in [0.3, 0.4) is 0 Å². The molecule has 1 aromatic carbocycles. The number of amides is 2. The van der Waals surface area contributed by atoms with Crippen molar-refractivity contribution in [2.45, 2.75) is 39.0 Å². The van der Waals surface area contributed by atoms with Crippen molar-refractivity contribution in [2.75, 3.05) is 26.2 Å². The summed E-state index contributed by atoms with van der Waals surface area (Å²) in [6, 6.07) is 7.48. The monoisotopic (exact) mass is 414 g/mol. The van der Waals surface area contributed by atoms with E-state index in [1.54, 1.807) is 10.9 Å². The maximum Gasteiger partial charge on any atom is 0.257 e. The van der Waals surface area contributed by atoms with E-state index in [2.05, 4.69) is 18.9 Å². The minimum absolute atomic E-state index is 0.0160. The highest BCUT2D eigenvalue weighted by molar-refractivity contribution is 6.30. The van der Waals surface area contributed by atoms with Crippen LogP contribution in [0, 0.1) is 5.92 Å². The van der Waals surface area contributed by atoms with Gasteiger partial charge in [-0.2, -0.15) is 5.10 Å². The molecular weight excluding hydrogens is 388 g/mol. The van der Waals surface area contributed by atoms with E-state index in [9.17, 15) is 9.59 Å². The number of carbonyl (C=O) groups excluding carboxylic acids is 2. The summed E-state index contributed by atoms with van der Waals surface area (Å²) in [6.07, 6.45) is 4.84. The Bertz CT molecular complexity index is 911. The number of rotatable bonds is 4. The van der Waals surface area contributed by atoms with Crippen molar-refractivity contribution in [2.24, 2.45) is 5.92 Å². The molecule has 2 amide bonds. The van der Waals surface area contributed by atoms with Crippen LogP contribution in [0.5, 0.6) is 0 Å². The first-order valence-electron chi connectivity index (χ1n) is 10.4. The smallest absolute Gasteiger partial charge is 0.257 e. The molecule has 0 radical (unpaired) electrons. The van der Waals surface area contributed by atoms with Gasteiger partial charge in [0.05, 0.1) is 23.1 Å². The lowest BCUT2D eigenvalue weighted by Crippen LogP contribution is -2.52. The highest BCUT2D eigenvalue weighted by Gasteiger charge is 2.33. The second-order valence-corrected chi connectivity index (χ2v) is 8.67. The first-order chi connectivity index (χ1) is 14.0. The van der Waals surface area contributed by atoms with Crippen molar-refractivity contribution >= 4 is 23.4 Å². The standard InChI is InChI=1S/C22H27ClN4O2/c1-15(2)20-19(14-24-27(20)18-8-4-7-17(23)13-18)22(29)26-11-9-25(10-12-26)21(28)16-5-3-6-16/h4,7-8,13-16H,3,5-6,9-12H2,1-2H3. The van der Waals surface area contributed by atoms with Gasteiger partial charge in [0.1, 0.15) is 0 Å². The molecule has 29 heavy (non-hydrogen) atoms. The lowest BCUT2D eigenvalue weighted by atomic mass is 9.84. The van der Waals surface area contributed by atoms with Crippen molar-refractivity contribution in [1.29, 1.82) is 0 Å². The van der Waals surface area contributed by atoms with Gasteiger partial charge in [0.25, 0.3) is 5.91 Å². The van der Waals surface area contributed by atoms with Gasteiger partial charge in [-0.05, 0) is 37.0 Å². The van der Waals surface area contributed by atoms with Crippen LogP contribution in [0.2, 0.25) is 5.02 Å². The van der Waals surface area contributed by atoms with E-state index in [-0.39, 0.29) is 23.7 Å². The number of hydrogen-bond donors (Lipinski definition) is 0. The Balaban J connectivity index is 1.51. The van der Waals surface area contributed by atoms with Crippen LogP contribution < -0.4 is 0 Å². The Morgan fingerprint density at radius 3 is 2.38 bits per heavy atom. The molecule has 7 heteroatoms. The van der Waals surface area contributed by atoms with Crippen LogP contribution in [0.15, 0.2) is 30.5 Å². The third-order valence-electron chi connectivity index (χ3n) is 5.97. The first-order valence-corrected chi connectivity index (χ1v) is 10.8. The van der Waals surface area contributed by atoms with E-state index in [0.29, 0.717) is 36.8 Å². The number of hydrogen-bond acceptors (Lipinski definition) is 3. The number of benzene rings is 1. The summed E-state index contributed by atoms with van der Waals surface area (Å²) in [5, 5.41) is 5.13. The van der Waals surface area contributed by atoms with Crippen molar-refractivity contribution in [3.05, 3.63) is 46.7 Å². The van der Waals surface area contributed by atoms with Crippen LogP contribution in [0.25, 0.3) is 5.69 Å². The zero-order valence-electron chi connectivity index (χ0n) is 17.0. The Morgan fingerprint density at radius 1 is 1.10 bits per heavy atom. The van der Waals surface area contributed by atoms with E-state index in [0.717, 1.165) is 30.6 Å². The highest BCUT2D eigenvalue weighted by Crippen LogP contribution is 2.29. The molecule has 0 bridgehead atoms. The molecule has 4 rings (SSSR count). The fraction of sp³-hybridized carbons (Fsp3) is 0.500. The maximum absolute atomic E-state index is 13.3. The average Bonchev–Trinajstić information content (AvgIpc) is 3.11. The fourth-order valence-electron chi connectivity index (χ4n) is 4.11. The minimum atomic E-state index is -0.0160. The Labute approximate surface area is 176 Å². The van der Waals surface area contributed by atoms with Gasteiger partial charge in [-0.15, -0.1) is 0 Å². The zero-order chi connectivity index (χ0) is 20.5. The van der Waals surface area contributed by atoms with Gasteiger partial charge >= 0.3 is 0 Å². The third-order valence-corrected chi connectivity index (χ3v) is 6.20. The number of nitrogens with zero attached hydrogens (tertiary/aromatic N) is 4. The van der Waals surface area contributed by atoms with Crippen LogP contribution >= 0.6 is 11.6 Å². The molecule has 0 spiro atoms. The van der Waals surface area contributed by atoms with Crippen LogP contribution in [-0.2, 0) is 4.79 Å². The first kappa shape index (κ1) is 20.0. The molecular formula is C22H27ClN4O2. The molecule has 1 aliphatic heterocycles. The molecule has 1 saturated carbocycles. The Hall–Kier alpha value is -2.34. The van der Waals surface area contributed by atoms with Gasteiger partial charge in [-0.25, -0.2) is 4.68 Å². The minimum Gasteiger partial charge on any atom is -0.339 e. The number of aromatic nitrogens is 2. The topological polar surface area (TPSA) is 58.4 Å². The number of carbonyl (C=O) groups is 2. The fourth-order valence-corrected chi connectivity index (χ4v) is 4.29. The van der Waals surface area contributed by atoms with E-state index in [4.69, 9.17) is 11.6 Å². The molecule has 0 unspecified atom stereocenters. The van der Waals surface area contributed by atoms with Crippen molar-refractivity contribution in [3.8, 4) is 5.69 Å². The predicted molar refractivity (Wildman–Crippen MR) is 112 cm³/mol. The van der Waals surface area contributed by atoms with Crippen LogP contribution in [0.1, 0.15) is 55.1 Å². The molecule has 2 fully saturated rings. The Morgan fingerprint density at radius 2 is 1.79 bits per heavy atom. The zero-order valence-corrected chi connectivity index (χ0v) is 17.7. The maximum atomic E-state index is 13.3. The summed E-state index contributed by atoms with van der Waals surface area (Å²) in [4.78, 5) is 29.5. The number of piperazine rings is 1. The highest BCUT2D eigenvalue weighted by atomic mass is 35.5. The van der Waals surface area contributed by atoms with Gasteiger partial charge in [0.2, 0.25) is 5.91 Å². The molecule has 2 aromatic rings. The molecule has 1 aromatic heterocycles. The third kappa shape index (κ3) is 3.90. The molecule has 1 aliphatic carbocycles. The van der Waals surface area contributed by atoms with Crippen LogP contribution in [0.4, 0.5) is 0 Å². The molecule has 2 aliphatic rings. The summed E-state index contributed by atoms with van der Waals surface area (Å²) in [7, 11) is 0. The average molecular weight is 415 g/mol. The van der Waals surface area contributed by atoms with Crippen molar-refractivity contribution in [3.63, 3.8) is 0 Å². The van der Waals surface area contributed by atoms with Gasteiger partial charge in [-0.3, -0.25) is 9.59 Å². The summed E-state index contributed by atoms with van der Waals surface area (Å²) in [6.45, 7) is 6.48. The van der Waals surface area contributed by atoms with Gasteiger partial charge in [0.15, 0.2) is 0 Å². The second-order valence-electron chi connectivity index (χ2n) is 8.24.